The second-order valence-corrected chi connectivity index (χ2v) is 8.55. The number of Topliss-reactive ketones (excluding diaryl/α,β-unsaturated/α-hetero) is 1. The summed E-state index contributed by atoms with van der Waals surface area (Å²) in [5.74, 6) is 0.882. The molecule has 3 aromatic rings. The molecule has 1 saturated heterocycles. The number of hydrogen-bond donors (Lipinski definition) is 1. The minimum atomic E-state index is -0.104. The molecule has 1 aliphatic heterocycles. The molecule has 0 aromatic heterocycles. The zero-order valence-electron chi connectivity index (χ0n) is 20.2. The van der Waals surface area contributed by atoms with Gasteiger partial charge in [-0.1, -0.05) is 24.3 Å². The van der Waals surface area contributed by atoms with Crippen molar-refractivity contribution in [1.29, 1.82) is 0 Å². The molecule has 1 N–H and O–H groups in total. The average molecular weight is 474 g/mol. The third-order valence-electron chi connectivity index (χ3n) is 6.08. The van der Waals surface area contributed by atoms with Gasteiger partial charge in [0.1, 0.15) is 5.75 Å². The Bertz CT molecular complexity index is 1140. The van der Waals surface area contributed by atoms with Crippen LogP contribution in [0.5, 0.6) is 5.75 Å². The van der Waals surface area contributed by atoms with Crippen molar-refractivity contribution in [2.45, 2.75) is 20.1 Å². The summed E-state index contributed by atoms with van der Waals surface area (Å²) in [5, 5.41) is 3.01. The number of carbonyl (C=O) groups excluding carboxylic acids is 2. The summed E-state index contributed by atoms with van der Waals surface area (Å²) in [4.78, 5) is 28.3. The minimum absolute atomic E-state index is 0.0610. The Morgan fingerprint density at radius 3 is 2.20 bits per heavy atom. The zero-order valence-corrected chi connectivity index (χ0v) is 20.2. The second-order valence-electron chi connectivity index (χ2n) is 8.55. The molecule has 35 heavy (non-hydrogen) atoms. The molecule has 7 nitrogen and oxygen atoms in total. The Morgan fingerprint density at radius 1 is 0.857 bits per heavy atom. The molecule has 0 atom stereocenters. The first-order valence-corrected chi connectivity index (χ1v) is 11.7. The first-order valence-electron chi connectivity index (χ1n) is 11.7. The Hall–Kier alpha value is -3.84. The second kappa shape index (κ2) is 11.5. The maximum Gasteiger partial charge on any atom is 0.321 e. The predicted molar refractivity (Wildman–Crippen MR) is 137 cm³/mol. The van der Waals surface area contributed by atoms with Crippen LogP contribution in [-0.4, -0.2) is 50.0 Å². The van der Waals surface area contributed by atoms with Crippen LogP contribution >= 0.6 is 0 Å². The largest absolute Gasteiger partial charge is 0.497 e. The number of ether oxygens (including phenoxy) is 2. The number of piperazine rings is 1. The summed E-state index contributed by atoms with van der Waals surface area (Å²) in [6.07, 6.45) is 0. The number of hydrogen-bond acceptors (Lipinski definition) is 5. The number of benzene rings is 3. The lowest BCUT2D eigenvalue weighted by atomic mass is 10.1. The molecule has 182 valence electrons. The van der Waals surface area contributed by atoms with E-state index in [-0.39, 0.29) is 11.8 Å². The number of urea groups is 1. The van der Waals surface area contributed by atoms with Gasteiger partial charge in [-0.3, -0.25) is 4.79 Å². The van der Waals surface area contributed by atoms with Gasteiger partial charge in [-0.2, -0.15) is 0 Å². The molecule has 7 heteroatoms. The molecule has 1 heterocycles. The van der Waals surface area contributed by atoms with Crippen molar-refractivity contribution >= 4 is 23.2 Å². The van der Waals surface area contributed by atoms with Gasteiger partial charge in [0, 0.05) is 43.1 Å². The highest BCUT2D eigenvalue weighted by atomic mass is 16.5. The van der Waals surface area contributed by atoms with E-state index in [0.29, 0.717) is 31.9 Å². The van der Waals surface area contributed by atoms with E-state index in [0.717, 1.165) is 41.3 Å². The smallest absolute Gasteiger partial charge is 0.321 e. The molecule has 0 unspecified atom stereocenters. The highest BCUT2D eigenvalue weighted by Crippen LogP contribution is 2.19. The molecule has 4 rings (SSSR count). The highest BCUT2D eigenvalue weighted by Gasteiger charge is 2.21. The van der Waals surface area contributed by atoms with Crippen molar-refractivity contribution in [3.63, 3.8) is 0 Å². The van der Waals surface area contributed by atoms with E-state index < -0.39 is 0 Å². The molecule has 0 radical (unpaired) electrons. The van der Waals surface area contributed by atoms with Crippen LogP contribution in [-0.2, 0) is 18.0 Å². The first kappa shape index (κ1) is 24.3. The number of rotatable bonds is 8. The first-order chi connectivity index (χ1) is 17.0. The summed E-state index contributed by atoms with van der Waals surface area (Å²) >= 11 is 0. The van der Waals surface area contributed by atoms with Gasteiger partial charge in [0.2, 0.25) is 0 Å². The monoisotopic (exact) mass is 473 g/mol. The lowest BCUT2D eigenvalue weighted by Gasteiger charge is -2.36. The Morgan fingerprint density at radius 2 is 1.54 bits per heavy atom. The number of nitrogens with zero attached hydrogens (tertiary/aromatic N) is 2. The van der Waals surface area contributed by atoms with Crippen molar-refractivity contribution in [1.82, 2.24) is 4.90 Å². The number of amides is 2. The summed E-state index contributed by atoms with van der Waals surface area (Å²) in [5.41, 5.74) is 4.60. The van der Waals surface area contributed by atoms with Crippen molar-refractivity contribution in [3.05, 3.63) is 89.5 Å². The fourth-order valence-electron chi connectivity index (χ4n) is 4.02. The van der Waals surface area contributed by atoms with Crippen molar-refractivity contribution < 1.29 is 19.1 Å². The number of methoxy groups -OCH3 is 1. The van der Waals surface area contributed by atoms with Crippen LogP contribution in [0, 0.1) is 0 Å². The summed E-state index contributed by atoms with van der Waals surface area (Å²) < 4.78 is 11.0. The van der Waals surface area contributed by atoms with Gasteiger partial charge in [-0.15, -0.1) is 0 Å². The van der Waals surface area contributed by atoms with E-state index in [1.807, 2.05) is 77.7 Å². The number of ketones is 1. The van der Waals surface area contributed by atoms with Crippen molar-refractivity contribution in [2.75, 3.05) is 43.5 Å². The molecule has 1 fully saturated rings. The van der Waals surface area contributed by atoms with Crippen LogP contribution in [0.2, 0.25) is 0 Å². The van der Waals surface area contributed by atoms with E-state index in [1.165, 1.54) is 0 Å². The molecule has 0 spiro atoms. The molecule has 0 aliphatic carbocycles. The SMILES string of the molecule is COc1ccc(COCc2cccc(NC(=O)N3CCN(c4ccc(C(C)=O)cc4)CC3)c2)cc1. The molecular weight excluding hydrogens is 442 g/mol. The van der Waals surface area contributed by atoms with E-state index in [4.69, 9.17) is 9.47 Å². The van der Waals surface area contributed by atoms with Gasteiger partial charge in [0.15, 0.2) is 5.78 Å². The molecule has 0 saturated carbocycles. The van der Waals surface area contributed by atoms with Gasteiger partial charge in [-0.25, -0.2) is 4.79 Å². The van der Waals surface area contributed by atoms with E-state index >= 15 is 0 Å². The number of carbonyl (C=O) groups is 2. The van der Waals surface area contributed by atoms with Crippen molar-refractivity contribution in [2.24, 2.45) is 0 Å². The predicted octanol–water partition coefficient (Wildman–Crippen LogP) is 4.97. The van der Waals surface area contributed by atoms with Gasteiger partial charge in [0.25, 0.3) is 0 Å². The Labute approximate surface area is 206 Å². The molecule has 2 amide bonds. The number of anilines is 2. The highest BCUT2D eigenvalue weighted by molar-refractivity contribution is 5.94. The summed E-state index contributed by atoms with van der Waals surface area (Å²) in [7, 11) is 1.65. The summed E-state index contributed by atoms with van der Waals surface area (Å²) in [6, 6.07) is 23.1. The van der Waals surface area contributed by atoms with Gasteiger partial charge < -0.3 is 24.6 Å². The quantitative estimate of drug-likeness (QED) is 0.468. The lowest BCUT2D eigenvalue weighted by molar-refractivity contribution is 0.101. The van der Waals surface area contributed by atoms with Crippen molar-refractivity contribution in [3.8, 4) is 5.75 Å². The van der Waals surface area contributed by atoms with Crippen LogP contribution < -0.4 is 15.0 Å². The van der Waals surface area contributed by atoms with Gasteiger partial charge in [0.05, 0.1) is 20.3 Å². The molecule has 3 aromatic carbocycles. The maximum atomic E-state index is 12.8. The Kier molecular flexibility index (Phi) is 8.00. The normalized spacial score (nSPS) is 13.4. The molecule has 1 aliphatic rings. The van der Waals surface area contributed by atoms with Crippen LogP contribution in [0.1, 0.15) is 28.4 Å². The van der Waals surface area contributed by atoms with Crippen LogP contribution in [0.15, 0.2) is 72.8 Å². The molecule has 0 bridgehead atoms. The minimum Gasteiger partial charge on any atom is -0.497 e. The van der Waals surface area contributed by atoms with Crippen LogP contribution in [0.4, 0.5) is 16.2 Å². The maximum absolute atomic E-state index is 12.8. The van der Waals surface area contributed by atoms with E-state index in [1.54, 1.807) is 14.0 Å². The third-order valence-corrected chi connectivity index (χ3v) is 6.08. The standard InChI is InChI=1S/C28H31N3O4/c1-21(32)24-8-10-26(11-9-24)30-14-16-31(17-15-30)28(33)29-25-5-3-4-23(18-25)20-35-19-22-6-12-27(34-2)13-7-22/h3-13,18H,14-17,19-20H2,1-2H3,(H,29,33). The summed E-state index contributed by atoms with van der Waals surface area (Å²) in [6.45, 7) is 5.27. The van der Waals surface area contributed by atoms with Gasteiger partial charge in [-0.05, 0) is 66.6 Å². The average Bonchev–Trinajstić information content (AvgIpc) is 2.89. The van der Waals surface area contributed by atoms with E-state index in [2.05, 4.69) is 10.2 Å². The Balaban J connectivity index is 1.24. The van der Waals surface area contributed by atoms with Gasteiger partial charge >= 0.3 is 6.03 Å². The number of nitrogens with one attached hydrogen (secondary N) is 1. The lowest BCUT2D eigenvalue weighted by Crippen LogP contribution is -2.50. The van der Waals surface area contributed by atoms with Crippen LogP contribution in [0.25, 0.3) is 0 Å². The third kappa shape index (κ3) is 6.61. The fourth-order valence-corrected chi connectivity index (χ4v) is 4.02. The topological polar surface area (TPSA) is 71.1 Å². The van der Waals surface area contributed by atoms with Crippen LogP contribution in [0.3, 0.4) is 0 Å². The zero-order chi connectivity index (χ0) is 24.6. The molecular formula is C28H31N3O4. The van der Waals surface area contributed by atoms with E-state index in [9.17, 15) is 9.59 Å². The fraction of sp³-hybridized carbons (Fsp3) is 0.286.